The van der Waals surface area contributed by atoms with Gasteiger partial charge in [-0.15, -0.1) is 12.4 Å². The van der Waals surface area contributed by atoms with Crippen LogP contribution in [0.2, 0.25) is 0 Å². The number of nitrogens with one attached hydrogen (secondary N) is 1. The van der Waals surface area contributed by atoms with Gasteiger partial charge in [-0.3, -0.25) is 9.59 Å². The third kappa shape index (κ3) is 8.00. The first-order valence-corrected chi connectivity index (χ1v) is 7.37. The number of benzene rings is 1. The first-order valence-electron chi connectivity index (χ1n) is 7.37. The van der Waals surface area contributed by atoms with Gasteiger partial charge >= 0.3 is 0 Å². The molecule has 22 heavy (non-hydrogen) atoms. The number of nitrogens with two attached hydrogens (primary N) is 1. The molecule has 0 saturated carbocycles. The van der Waals surface area contributed by atoms with Crippen molar-refractivity contribution >= 4 is 24.2 Å². The first-order chi connectivity index (χ1) is 10.0. The number of carbonyl (C=O) groups excluding carboxylic acids is 2. The van der Waals surface area contributed by atoms with Gasteiger partial charge in [-0.2, -0.15) is 0 Å². The maximum atomic E-state index is 12.1. The second kappa shape index (κ2) is 11.0. The van der Waals surface area contributed by atoms with Crippen LogP contribution in [0.4, 0.5) is 0 Å². The van der Waals surface area contributed by atoms with Gasteiger partial charge in [-0.1, -0.05) is 30.3 Å². The average Bonchev–Trinajstić information content (AvgIpc) is 2.49. The molecule has 1 atom stereocenters. The number of nitrogens with zero attached hydrogens (tertiary/aromatic N) is 1. The van der Waals surface area contributed by atoms with Crippen LogP contribution in [0.3, 0.4) is 0 Å². The minimum Gasteiger partial charge on any atom is -0.347 e. The summed E-state index contributed by atoms with van der Waals surface area (Å²) >= 11 is 0. The summed E-state index contributed by atoms with van der Waals surface area (Å²) in [5.41, 5.74) is 6.68. The molecule has 5 nitrogen and oxygen atoms in total. The molecule has 0 heterocycles. The fraction of sp³-hybridized carbons (Fsp3) is 0.500. The fourth-order valence-electron chi connectivity index (χ4n) is 1.91. The van der Waals surface area contributed by atoms with Crippen LogP contribution in [-0.4, -0.2) is 35.8 Å². The molecule has 0 aliphatic rings. The third-order valence-corrected chi connectivity index (χ3v) is 3.21. The lowest BCUT2D eigenvalue weighted by atomic mass is 10.2. The third-order valence-electron chi connectivity index (χ3n) is 3.21. The zero-order chi connectivity index (χ0) is 15.7. The Kier molecular flexibility index (Phi) is 10.2. The molecule has 1 aromatic carbocycles. The summed E-state index contributed by atoms with van der Waals surface area (Å²) in [6, 6.07) is 9.80. The number of hydrogen-bond acceptors (Lipinski definition) is 3. The van der Waals surface area contributed by atoms with E-state index in [4.69, 9.17) is 5.73 Å². The van der Waals surface area contributed by atoms with E-state index >= 15 is 0 Å². The van der Waals surface area contributed by atoms with E-state index in [2.05, 4.69) is 5.32 Å². The highest BCUT2D eigenvalue weighted by atomic mass is 35.5. The quantitative estimate of drug-likeness (QED) is 0.763. The Morgan fingerprint density at radius 3 is 2.45 bits per heavy atom. The van der Waals surface area contributed by atoms with Crippen molar-refractivity contribution < 1.29 is 9.59 Å². The van der Waals surface area contributed by atoms with E-state index < -0.39 is 0 Å². The minimum absolute atomic E-state index is 0. The van der Waals surface area contributed by atoms with Crippen molar-refractivity contribution in [3.8, 4) is 0 Å². The summed E-state index contributed by atoms with van der Waals surface area (Å²) in [4.78, 5) is 25.4. The van der Waals surface area contributed by atoms with Crippen LogP contribution in [0, 0.1) is 0 Å². The van der Waals surface area contributed by atoms with E-state index in [0.29, 0.717) is 25.9 Å². The summed E-state index contributed by atoms with van der Waals surface area (Å²) in [6.45, 7) is 5.00. The van der Waals surface area contributed by atoms with Crippen LogP contribution in [0.5, 0.6) is 0 Å². The van der Waals surface area contributed by atoms with Gasteiger partial charge < -0.3 is 16.0 Å². The smallest absolute Gasteiger partial charge is 0.242 e. The van der Waals surface area contributed by atoms with Gasteiger partial charge in [0.15, 0.2) is 0 Å². The molecule has 1 aromatic rings. The average molecular weight is 328 g/mol. The predicted octanol–water partition coefficient (Wildman–Crippen LogP) is 1.70. The van der Waals surface area contributed by atoms with E-state index in [1.165, 1.54) is 0 Å². The Morgan fingerprint density at radius 2 is 1.91 bits per heavy atom. The summed E-state index contributed by atoms with van der Waals surface area (Å²) in [5, 5.41) is 2.65. The molecule has 1 rings (SSSR count). The molecule has 0 aromatic heterocycles. The second-order valence-corrected chi connectivity index (χ2v) is 5.19. The van der Waals surface area contributed by atoms with Crippen molar-refractivity contribution in [2.45, 2.75) is 39.3 Å². The molecule has 1 unspecified atom stereocenters. The zero-order valence-corrected chi connectivity index (χ0v) is 14.1. The molecule has 0 spiro atoms. The summed E-state index contributed by atoms with van der Waals surface area (Å²) in [7, 11) is 0. The van der Waals surface area contributed by atoms with Crippen molar-refractivity contribution in [1.82, 2.24) is 10.2 Å². The normalized spacial score (nSPS) is 11.2. The largest absolute Gasteiger partial charge is 0.347 e. The predicted molar refractivity (Wildman–Crippen MR) is 90.7 cm³/mol. The zero-order valence-electron chi connectivity index (χ0n) is 13.2. The van der Waals surface area contributed by atoms with Gasteiger partial charge in [0.2, 0.25) is 11.8 Å². The standard InChI is InChI=1S/C16H25N3O2.ClH/c1-3-19(12-14-7-5-4-6-8-14)16(21)11-18-15(20)10-9-13(2)17;/h4-8,13H,3,9-12,17H2,1-2H3,(H,18,20);1H. The van der Waals surface area contributed by atoms with Crippen LogP contribution >= 0.6 is 12.4 Å². The molecule has 0 saturated heterocycles. The van der Waals surface area contributed by atoms with Gasteiger partial charge in [0.25, 0.3) is 0 Å². The summed E-state index contributed by atoms with van der Waals surface area (Å²) in [5.74, 6) is -0.202. The van der Waals surface area contributed by atoms with Gasteiger partial charge in [-0.05, 0) is 25.8 Å². The molecule has 124 valence electrons. The van der Waals surface area contributed by atoms with E-state index in [-0.39, 0.29) is 36.8 Å². The molecule has 6 heteroatoms. The van der Waals surface area contributed by atoms with E-state index in [0.717, 1.165) is 5.56 Å². The fourth-order valence-corrected chi connectivity index (χ4v) is 1.91. The summed E-state index contributed by atoms with van der Waals surface area (Å²) in [6.07, 6.45) is 0.983. The Hall–Kier alpha value is -1.59. The molecule has 3 N–H and O–H groups in total. The lowest BCUT2D eigenvalue weighted by Gasteiger charge is -2.21. The molecule has 0 radical (unpaired) electrons. The van der Waals surface area contributed by atoms with Crippen LogP contribution in [0.25, 0.3) is 0 Å². The molecular weight excluding hydrogens is 302 g/mol. The van der Waals surface area contributed by atoms with Gasteiger partial charge in [0.1, 0.15) is 0 Å². The molecular formula is C16H26ClN3O2. The molecule has 2 amide bonds. The number of halogens is 1. The van der Waals surface area contributed by atoms with Crippen molar-refractivity contribution in [3.05, 3.63) is 35.9 Å². The second-order valence-electron chi connectivity index (χ2n) is 5.19. The number of carbonyl (C=O) groups is 2. The van der Waals surface area contributed by atoms with Crippen molar-refractivity contribution in [1.29, 1.82) is 0 Å². The first kappa shape index (κ1) is 20.4. The lowest BCUT2D eigenvalue weighted by Crippen LogP contribution is -2.40. The van der Waals surface area contributed by atoms with Gasteiger partial charge in [0, 0.05) is 25.6 Å². The van der Waals surface area contributed by atoms with Crippen LogP contribution in [0.15, 0.2) is 30.3 Å². The highest BCUT2D eigenvalue weighted by Crippen LogP contribution is 2.04. The summed E-state index contributed by atoms with van der Waals surface area (Å²) < 4.78 is 0. The minimum atomic E-state index is -0.128. The number of rotatable bonds is 8. The Labute approximate surface area is 138 Å². The van der Waals surface area contributed by atoms with E-state index in [1.54, 1.807) is 4.90 Å². The van der Waals surface area contributed by atoms with E-state index in [1.807, 2.05) is 44.2 Å². The number of likely N-dealkylation sites (N-methyl/N-ethyl adjacent to an activating group) is 1. The lowest BCUT2D eigenvalue weighted by molar-refractivity contribution is -0.133. The Balaban J connectivity index is 0.00000441. The van der Waals surface area contributed by atoms with Crippen molar-refractivity contribution in [2.24, 2.45) is 5.73 Å². The monoisotopic (exact) mass is 327 g/mol. The van der Waals surface area contributed by atoms with Gasteiger partial charge in [-0.25, -0.2) is 0 Å². The van der Waals surface area contributed by atoms with Crippen LogP contribution < -0.4 is 11.1 Å². The molecule has 0 aliphatic carbocycles. The number of amides is 2. The molecule has 0 aliphatic heterocycles. The highest BCUT2D eigenvalue weighted by Gasteiger charge is 2.13. The molecule has 0 fully saturated rings. The van der Waals surface area contributed by atoms with Gasteiger partial charge in [0.05, 0.1) is 6.54 Å². The van der Waals surface area contributed by atoms with Crippen molar-refractivity contribution in [3.63, 3.8) is 0 Å². The molecule has 0 bridgehead atoms. The Bertz CT molecular complexity index is 452. The maximum absolute atomic E-state index is 12.1. The van der Waals surface area contributed by atoms with Crippen LogP contribution in [0.1, 0.15) is 32.3 Å². The Morgan fingerprint density at radius 1 is 1.27 bits per heavy atom. The highest BCUT2D eigenvalue weighted by molar-refractivity contribution is 5.85. The van der Waals surface area contributed by atoms with Crippen LogP contribution in [-0.2, 0) is 16.1 Å². The number of hydrogen-bond donors (Lipinski definition) is 2. The topological polar surface area (TPSA) is 75.4 Å². The van der Waals surface area contributed by atoms with Crippen molar-refractivity contribution in [2.75, 3.05) is 13.1 Å². The van der Waals surface area contributed by atoms with E-state index in [9.17, 15) is 9.59 Å². The SMILES string of the molecule is CCN(Cc1ccccc1)C(=O)CNC(=O)CCC(C)N.Cl. The maximum Gasteiger partial charge on any atom is 0.242 e.